The summed E-state index contributed by atoms with van der Waals surface area (Å²) in [7, 11) is 0. The number of aryl methyl sites for hydroxylation is 1. The molecule has 0 aliphatic carbocycles. The van der Waals surface area contributed by atoms with Gasteiger partial charge in [-0.2, -0.15) is 0 Å². The van der Waals surface area contributed by atoms with Crippen LogP contribution in [0.1, 0.15) is 32.8 Å². The molecule has 21 heavy (non-hydrogen) atoms. The summed E-state index contributed by atoms with van der Waals surface area (Å²) in [5, 5.41) is 11.6. The standard InChI is InChI=1S/C16H23NO4/c1-10(2)8-14(16(19)20)17-15(18)12(4)21-13-7-5-6-11(3)9-13/h5-7,9-10,12,14H,8H2,1-4H3,(H,17,18)(H,19,20)/t12?,14-/m1/s1. The van der Waals surface area contributed by atoms with Gasteiger partial charge in [-0.3, -0.25) is 4.79 Å². The number of aliphatic carboxylic acids is 1. The first-order valence-electron chi connectivity index (χ1n) is 7.06. The number of rotatable bonds is 7. The summed E-state index contributed by atoms with van der Waals surface area (Å²) < 4.78 is 5.54. The highest BCUT2D eigenvalue weighted by Crippen LogP contribution is 2.14. The molecule has 1 aromatic carbocycles. The Balaban J connectivity index is 2.62. The minimum atomic E-state index is -1.03. The number of ether oxygens (including phenoxy) is 1. The van der Waals surface area contributed by atoms with Crippen LogP contribution < -0.4 is 10.1 Å². The highest BCUT2D eigenvalue weighted by atomic mass is 16.5. The molecule has 1 unspecified atom stereocenters. The van der Waals surface area contributed by atoms with Crippen molar-refractivity contribution in [2.24, 2.45) is 5.92 Å². The number of carbonyl (C=O) groups is 2. The molecule has 0 saturated carbocycles. The number of hydrogen-bond donors (Lipinski definition) is 2. The Labute approximate surface area is 125 Å². The molecule has 116 valence electrons. The molecule has 0 saturated heterocycles. The number of amides is 1. The molecule has 0 aromatic heterocycles. The monoisotopic (exact) mass is 293 g/mol. The number of hydrogen-bond acceptors (Lipinski definition) is 3. The van der Waals surface area contributed by atoms with Crippen LogP contribution in [0.5, 0.6) is 5.75 Å². The fourth-order valence-electron chi connectivity index (χ4n) is 1.93. The van der Waals surface area contributed by atoms with Crippen LogP contribution in [0, 0.1) is 12.8 Å². The third-order valence-electron chi connectivity index (χ3n) is 2.99. The molecule has 0 aliphatic heterocycles. The van der Waals surface area contributed by atoms with Crippen LogP contribution in [-0.4, -0.2) is 29.1 Å². The number of carboxylic acid groups (broad SMARTS) is 1. The molecule has 2 N–H and O–H groups in total. The van der Waals surface area contributed by atoms with Crippen molar-refractivity contribution < 1.29 is 19.4 Å². The van der Waals surface area contributed by atoms with E-state index in [-0.39, 0.29) is 5.92 Å². The third-order valence-corrected chi connectivity index (χ3v) is 2.99. The third kappa shape index (κ3) is 5.85. The van der Waals surface area contributed by atoms with Gasteiger partial charge in [0.15, 0.2) is 6.10 Å². The average Bonchev–Trinajstić information content (AvgIpc) is 2.37. The largest absolute Gasteiger partial charge is 0.481 e. The van der Waals surface area contributed by atoms with E-state index in [2.05, 4.69) is 5.32 Å². The Kier molecular flexibility index (Phi) is 6.21. The summed E-state index contributed by atoms with van der Waals surface area (Å²) >= 11 is 0. The van der Waals surface area contributed by atoms with E-state index in [1.54, 1.807) is 13.0 Å². The van der Waals surface area contributed by atoms with Gasteiger partial charge in [0.1, 0.15) is 11.8 Å². The van der Waals surface area contributed by atoms with E-state index >= 15 is 0 Å². The highest BCUT2D eigenvalue weighted by Gasteiger charge is 2.24. The molecule has 0 spiro atoms. The van der Waals surface area contributed by atoms with Gasteiger partial charge in [0.2, 0.25) is 0 Å². The lowest BCUT2D eigenvalue weighted by Gasteiger charge is -2.20. The SMILES string of the molecule is Cc1cccc(OC(C)C(=O)N[C@H](CC(C)C)C(=O)O)c1. The van der Waals surface area contributed by atoms with Gasteiger partial charge in [-0.1, -0.05) is 26.0 Å². The molecule has 1 amide bonds. The lowest BCUT2D eigenvalue weighted by molar-refractivity contribution is -0.143. The maximum absolute atomic E-state index is 12.0. The van der Waals surface area contributed by atoms with Gasteiger partial charge in [0, 0.05) is 0 Å². The Morgan fingerprint density at radius 2 is 1.95 bits per heavy atom. The van der Waals surface area contributed by atoms with Gasteiger partial charge in [0.05, 0.1) is 0 Å². The Morgan fingerprint density at radius 3 is 2.48 bits per heavy atom. The molecule has 1 rings (SSSR count). The van der Waals surface area contributed by atoms with Gasteiger partial charge in [-0.15, -0.1) is 0 Å². The van der Waals surface area contributed by atoms with Gasteiger partial charge in [-0.05, 0) is 43.9 Å². The van der Waals surface area contributed by atoms with Crippen LogP contribution in [0.25, 0.3) is 0 Å². The van der Waals surface area contributed by atoms with E-state index in [0.29, 0.717) is 12.2 Å². The molecular weight excluding hydrogens is 270 g/mol. The lowest BCUT2D eigenvalue weighted by atomic mass is 10.0. The van der Waals surface area contributed by atoms with E-state index in [1.807, 2.05) is 39.0 Å². The number of carboxylic acids is 1. The first-order valence-corrected chi connectivity index (χ1v) is 7.06. The average molecular weight is 293 g/mol. The molecule has 0 fully saturated rings. The summed E-state index contributed by atoms with van der Waals surface area (Å²) in [6.45, 7) is 7.36. The molecule has 0 radical (unpaired) electrons. The van der Waals surface area contributed by atoms with Crippen molar-refractivity contribution in [1.29, 1.82) is 0 Å². The minimum absolute atomic E-state index is 0.180. The molecule has 2 atom stereocenters. The van der Waals surface area contributed by atoms with Crippen LogP contribution in [0.15, 0.2) is 24.3 Å². The van der Waals surface area contributed by atoms with Gasteiger partial charge in [0.25, 0.3) is 5.91 Å². The van der Waals surface area contributed by atoms with Crippen LogP contribution in [-0.2, 0) is 9.59 Å². The smallest absolute Gasteiger partial charge is 0.326 e. The van der Waals surface area contributed by atoms with E-state index in [9.17, 15) is 9.59 Å². The van der Waals surface area contributed by atoms with Gasteiger partial charge >= 0.3 is 5.97 Å². The number of carbonyl (C=O) groups excluding carboxylic acids is 1. The maximum atomic E-state index is 12.0. The summed E-state index contributed by atoms with van der Waals surface area (Å²) in [6, 6.07) is 6.47. The van der Waals surface area contributed by atoms with Crippen LogP contribution in [0.4, 0.5) is 0 Å². The van der Waals surface area contributed by atoms with Crippen LogP contribution >= 0.6 is 0 Å². The number of nitrogens with one attached hydrogen (secondary N) is 1. The van der Waals surface area contributed by atoms with E-state index in [4.69, 9.17) is 9.84 Å². The Bertz CT molecular complexity index is 499. The second-order valence-electron chi connectivity index (χ2n) is 5.61. The fourth-order valence-corrected chi connectivity index (χ4v) is 1.93. The summed E-state index contributed by atoms with van der Waals surface area (Å²) in [5.74, 6) is -0.683. The van der Waals surface area contributed by atoms with Crippen molar-refractivity contribution in [2.45, 2.75) is 46.3 Å². The molecule has 0 bridgehead atoms. The van der Waals surface area contributed by atoms with E-state index < -0.39 is 24.0 Å². The normalized spacial score (nSPS) is 13.6. The topological polar surface area (TPSA) is 75.6 Å². The van der Waals surface area contributed by atoms with Crippen molar-refractivity contribution in [3.8, 4) is 5.75 Å². The van der Waals surface area contributed by atoms with Gasteiger partial charge < -0.3 is 15.2 Å². The molecular formula is C16H23NO4. The predicted octanol–water partition coefficient (Wildman–Crippen LogP) is 2.38. The fraction of sp³-hybridized carbons (Fsp3) is 0.500. The first-order chi connectivity index (χ1) is 9.79. The second kappa shape index (κ2) is 7.67. The maximum Gasteiger partial charge on any atom is 0.326 e. The molecule has 0 aliphatic rings. The molecule has 5 nitrogen and oxygen atoms in total. The number of benzene rings is 1. The zero-order valence-electron chi connectivity index (χ0n) is 12.9. The molecule has 5 heteroatoms. The van der Waals surface area contributed by atoms with Crippen molar-refractivity contribution in [3.63, 3.8) is 0 Å². The van der Waals surface area contributed by atoms with Gasteiger partial charge in [-0.25, -0.2) is 4.79 Å². The van der Waals surface area contributed by atoms with Crippen LogP contribution in [0.3, 0.4) is 0 Å². The zero-order valence-corrected chi connectivity index (χ0v) is 12.9. The second-order valence-corrected chi connectivity index (χ2v) is 5.61. The molecule has 1 aromatic rings. The highest BCUT2D eigenvalue weighted by molar-refractivity contribution is 5.86. The summed E-state index contributed by atoms with van der Waals surface area (Å²) in [6.07, 6.45) is -0.362. The van der Waals surface area contributed by atoms with E-state index in [1.165, 1.54) is 0 Å². The van der Waals surface area contributed by atoms with Crippen molar-refractivity contribution in [3.05, 3.63) is 29.8 Å². The molecule has 0 heterocycles. The zero-order chi connectivity index (χ0) is 16.0. The predicted molar refractivity (Wildman–Crippen MR) is 80.3 cm³/mol. The van der Waals surface area contributed by atoms with E-state index in [0.717, 1.165) is 5.56 Å². The van der Waals surface area contributed by atoms with Crippen molar-refractivity contribution in [1.82, 2.24) is 5.32 Å². The lowest BCUT2D eigenvalue weighted by Crippen LogP contribution is -2.46. The Hall–Kier alpha value is -2.04. The van der Waals surface area contributed by atoms with Crippen LogP contribution in [0.2, 0.25) is 0 Å². The summed E-state index contributed by atoms with van der Waals surface area (Å²) in [4.78, 5) is 23.2. The van der Waals surface area contributed by atoms with Crippen molar-refractivity contribution >= 4 is 11.9 Å². The summed E-state index contributed by atoms with van der Waals surface area (Å²) in [5.41, 5.74) is 1.03. The quantitative estimate of drug-likeness (QED) is 0.809. The Morgan fingerprint density at radius 1 is 1.29 bits per heavy atom. The van der Waals surface area contributed by atoms with Crippen molar-refractivity contribution in [2.75, 3.05) is 0 Å². The minimum Gasteiger partial charge on any atom is -0.481 e. The first kappa shape index (κ1) is 17.0.